The summed E-state index contributed by atoms with van der Waals surface area (Å²) < 4.78 is 12.5. The van der Waals surface area contributed by atoms with Gasteiger partial charge >= 0.3 is 0 Å². The molecule has 0 N–H and O–H groups in total. The average Bonchev–Trinajstić information content (AvgIpc) is 2.68. The van der Waals surface area contributed by atoms with E-state index in [0.29, 0.717) is 33.9 Å². The summed E-state index contributed by atoms with van der Waals surface area (Å²) in [5, 5.41) is 0.279. The molecule has 0 unspecified atom stereocenters. The number of halogens is 1. The summed E-state index contributed by atoms with van der Waals surface area (Å²) in [6.07, 6.45) is 0.652. The number of carbonyl (C=O) groups is 2. The molecule has 6 nitrogen and oxygen atoms in total. The van der Waals surface area contributed by atoms with Crippen LogP contribution in [0, 0.1) is 4.91 Å². The van der Waals surface area contributed by atoms with Crippen molar-refractivity contribution in [2.45, 2.75) is 58.2 Å². The summed E-state index contributed by atoms with van der Waals surface area (Å²) in [4.78, 5) is 37.9. The monoisotopic (exact) mass is 444 g/mol. The number of hydrogen-bond donors (Lipinski definition) is 0. The van der Waals surface area contributed by atoms with E-state index in [4.69, 9.17) is 21.1 Å². The van der Waals surface area contributed by atoms with Crippen molar-refractivity contribution in [2.75, 3.05) is 7.05 Å². The van der Waals surface area contributed by atoms with Gasteiger partial charge in [0.1, 0.15) is 28.6 Å². The number of ketones is 2. The minimum atomic E-state index is -1.09. The molecule has 7 heteroatoms. The molecule has 0 amide bonds. The number of carbonyl (C=O) groups excluding carboxylic acids is 2. The van der Waals surface area contributed by atoms with Crippen LogP contribution in [0.5, 0.6) is 11.5 Å². The highest BCUT2D eigenvalue weighted by molar-refractivity contribution is 6.32. The van der Waals surface area contributed by atoms with Crippen molar-refractivity contribution in [2.24, 2.45) is 0 Å². The first-order valence-electron chi connectivity index (χ1n) is 10.2. The Labute approximate surface area is 187 Å². The SMILES string of the molecule is CCc1ccc(Oc2ccc([N+](C)=O)cc2Cl)cc1C1C(=O)C(C)(C)OC(C)(C)C1=O. The van der Waals surface area contributed by atoms with Crippen molar-refractivity contribution in [3.8, 4) is 11.5 Å². The first kappa shape index (κ1) is 23.1. The molecule has 2 aromatic rings. The Bertz CT molecular complexity index is 1050. The standard InChI is InChI=1S/C24H27ClNO5/c1-7-14-8-10-16(30-19-11-9-15(26(6)29)12-18(19)25)13-17(14)20-21(27)23(2,3)31-24(4,5)22(20)28/h8-13,20H,7H2,1-6H3/q+1. The van der Waals surface area contributed by atoms with Gasteiger partial charge in [-0.15, -0.1) is 0 Å². The van der Waals surface area contributed by atoms with Crippen molar-refractivity contribution in [1.82, 2.24) is 0 Å². The maximum absolute atomic E-state index is 13.2. The summed E-state index contributed by atoms with van der Waals surface area (Å²) in [5.74, 6) is -0.675. The fourth-order valence-electron chi connectivity index (χ4n) is 3.96. The Hall–Kier alpha value is -2.57. The molecule has 0 bridgehead atoms. The number of ether oxygens (including phenoxy) is 2. The Morgan fingerprint density at radius 2 is 1.65 bits per heavy atom. The van der Waals surface area contributed by atoms with Crippen molar-refractivity contribution < 1.29 is 23.8 Å². The lowest BCUT2D eigenvalue weighted by Gasteiger charge is -2.43. The van der Waals surface area contributed by atoms with Gasteiger partial charge in [0, 0.05) is 21.8 Å². The molecule has 164 valence electrons. The van der Waals surface area contributed by atoms with Crippen LogP contribution in [-0.2, 0) is 20.7 Å². The Kier molecular flexibility index (Phi) is 6.09. The van der Waals surface area contributed by atoms with E-state index >= 15 is 0 Å². The van der Waals surface area contributed by atoms with Crippen LogP contribution in [0.3, 0.4) is 0 Å². The first-order valence-corrected chi connectivity index (χ1v) is 10.5. The topological polar surface area (TPSA) is 72.7 Å². The van der Waals surface area contributed by atoms with E-state index in [2.05, 4.69) is 0 Å². The zero-order valence-corrected chi connectivity index (χ0v) is 19.4. The molecule has 0 saturated carbocycles. The molecule has 0 spiro atoms. The first-order chi connectivity index (χ1) is 14.4. The second-order valence-electron chi connectivity index (χ2n) is 8.71. The van der Waals surface area contributed by atoms with Gasteiger partial charge < -0.3 is 9.47 Å². The third-order valence-electron chi connectivity index (χ3n) is 5.54. The minimum Gasteiger partial charge on any atom is -0.456 e. The normalized spacial score (nSPS) is 18.2. The van der Waals surface area contributed by atoms with E-state index in [1.54, 1.807) is 52.0 Å². The largest absolute Gasteiger partial charge is 0.456 e. The van der Waals surface area contributed by atoms with Gasteiger partial charge in [-0.05, 0) is 63.4 Å². The lowest BCUT2D eigenvalue weighted by molar-refractivity contribution is -0.428. The third kappa shape index (κ3) is 4.41. The minimum absolute atomic E-state index is 0.274. The highest BCUT2D eigenvalue weighted by Crippen LogP contribution is 2.41. The molecule has 0 radical (unpaired) electrons. The molecular formula is C24H27ClNO5+. The van der Waals surface area contributed by atoms with Crippen molar-refractivity contribution in [1.29, 1.82) is 0 Å². The van der Waals surface area contributed by atoms with Crippen LogP contribution in [0.1, 0.15) is 51.7 Å². The second kappa shape index (κ2) is 8.17. The molecule has 31 heavy (non-hydrogen) atoms. The highest BCUT2D eigenvalue weighted by Gasteiger charge is 2.53. The fourth-order valence-corrected chi connectivity index (χ4v) is 4.17. The van der Waals surface area contributed by atoms with E-state index in [1.807, 2.05) is 13.0 Å². The molecule has 2 aromatic carbocycles. The van der Waals surface area contributed by atoms with Crippen LogP contribution < -0.4 is 4.74 Å². The third-order valence-corrected chi connectivity index (χ3v) is 5.83. The molecule has 1 aliphatic heterocycles. The van der Waals surface area contributed by atoms with E-state index in [1.165, 1.54) is 13.1 Å². The molecule has 0 aliphatic carbocycles. The summed E-state index contributed by atoms with van der Waals surface area (Å²) >= 11 is 6.28. The van der Waals surface area contributed by atoms with E-state index in [0.717, 1.165) is 5.56 Å². The summed E-state index contributed by atoms with van der Waals surface area (Å²) in [7, 11) is 1.38. The zero-order chi connectivity index (χ0) is 23.1. The fraction of sp³-hybridized carbons (Fsp3) is 0.417. The Morgan fingerprint density at radius 3 is 2.16 bits per heavy atom. The number of nitrogens with zero attached hydrogens (tertiary/aromatic N) is 1. The van der Waals surface area contributed by atoms with Gasteiger partial charge in [0.2, 0.25) is 0 Å². The van der Waals surface area contributed by atoms with Crippen molar-refractivity contribution in [3.05, 3.63) is 57.5 Å². The molecule has 0 atom stereocenters. The van der Waals surface area contributed by atoms with Gasteiger partial charge in [-0.3, -0.25) is 9.59 Å². The smallest absolute Gasteiger partial charge is 0.257 e. The summed E-state index contributed by atoms with van der Waals surface area (Å²) in [6.45, 7) is 8.74. The quantitative estimate of drug-likeness (QED) is 0.447. The molecule has 1 aliphatic rings. The van der Waals surface area contributed by atoms with Gasteiger partial charge in [0.05, 0.1) is 5.02 Å². The van der Waals surface area contributed by atoms with Gasteiger partial charge in [-0.2, -0.15) is 0 Å². The Balaban J connectivity index is 2.04. The van der Waals surface area contributed by atoms with Crippen LogP contribution in [0.4, 0.5) is 5.69 Å². The van der Waals surface area contributed by atoms with E-state index in [9.17, 15) is 14.5 Å². The van der Waals surface area contributed by atoms with Crippen LogP contribution in [-0.4, -0.2) is 34.6 Å². The summed E-state index contributed by atoms with van der Waals surface area (Å²) in [6, 6.07) is 10.1. The van der Waals surface area contributed by atoms with Crippen LogP contribution in [0.2, 0.25) is 5.02 Å². The highest BCUT2D eigenvalue weighted by atomic mass is 35.5. The lowest BCUT2D eigenvalue weighted by atomic mass is 9.73. The van der Waals surface area contributed by atoms with E-state index < -0.39 is 17.1 Å². The van der Waals surface area contributed by atoms with Gasteiger partial charge in [-0.1, -0.05) is 24.6 Å². The zero-order valence-electron chi connectivity index (χ0n) is 18.6. The number of rotatable bonds is 5. The van der Waals surface area contributed by atoms with Crippen LogP contribution in [0.25, 0.3) is 0 Å². The summed E-state index contributed by atoms with van der Waals surface area (Å²) in [5.41, 5.74) is -0.267. The molecule has 1 fully saturated rings. The second-order valence-corrected chi connectivity index (χ2v) is 9.12. The molecular weight excluding hydrogens is 418 g/mol. The van der Waals surface area contributed by atoms with Gasteiger partial charge in [0.25, 0.3) is 5.69 Å². The van der Waals surface area contributed by atoms with Crippen LogP contribution in [0.15, 0.2) is 36.4 Å². The number of Topliss-reactive ketones (excluding diaryl/α,β-unsaturated/α-hetero) is 2. The van der Waals surface area contributed by atoms with E-state index in [-0.39, 0.29) is 16.6 Å². The van der Waals surface area contributed by atoms with Crippen molar-refractivity contribution >= 4 is 28.9 Å². The maximum Gasteiger partial charge on any atom is 0.257 e. The average molecular weight is 445 g/mol. The lowest BCUT2D eigenvalue weighted by Crippen LogP contribution is -2.58. The van der Waals surface area contributed by atoms with Gasteiger partial charge in [-0.25, -0.2) is 0 Å². The van der Waals surface area contributed by atoms with Crippen LogP contribution >= 0.6 is 11.6 Å². The molecule has 1 saturated heterocycles. The maximum atomic E-state index is 13.2. The number of nitroso groups, excluding NO2 is 1. The number of benzene rings is 2. The van der Waals surface area contributed by atoms with Crippen molar-refractivity contribution in [3.63, 3.8) is 0 Å². The Morgan fingerprint density at radius 1 is 1.03 bits per heavy atom. The van der Waals surface area contributed by atoms with Gasteiger partial charge in [0.15, 0.2) is 18.6 Å². The number of aryl methyl sites for hydroxylation is 1. The number of hydrogen-bond acceptors (Lipinski definition) is 5. The predicted octanol–water partition coefficient (Wildman–Crippen LogP) is 5.54. The molecule has 0 aromatic heterocycles. The molecule has 1 heterocycles. The molecule has 3 rings (SSSR count). The predicted molar refractivity (Wildman–Crippen MR) is 119 cm³/mol.